The largest absolute Gasteiger partial charge is 0.356 e. The Hall–Kier alpha value is -0.770. The van der Waals surface area contributed by atoms with E-state index in [1.54, 1.807) is 6.07 Å². The first-order valence-electron chi connectivity index (χ1n) is 7.89. The van der Waals surface area contributed by atoms with Gasteiger partial charge in [0.25, 0.3) is 0 Å². The van der Waals surface area contributed by atoms with Gasteiger partial charge >= 0.3 is 0 Å². The predicted octanol–water partition coefficient (Wildman–Crippen LogP) is 3.98. The zero-order chi connectivity index (χ0) is 16.1. The maximum absolute atomic E-state index is 12.2. The lowest BCUT2D eigenvalue weighted by Gasteiger charge is -2.32. The first-order valence-corrected chi connectivity index (χ1v) is 8.65. The van der Waals surface area contributed by atoms with Crippen LogP contribution in [0.3, 0.4) is 0 Å². The lowest BCUT2D eigenvalue weighted by Crippen LogP contribution is -2.43. The van der Waals surface area contributed by atoms with Crippen molar-refractivity contribution in [3.8, 4) is 0 Å². The van der Waals surface area contributed by atoms with Crippen LogP contribution in [0.5, 0.6) is 0 Å². The van der Waals surface area contributed by atoms with Crippen LogP contribution in [-0.2, 0) is 11.3 Å². The van der Waals surface area contributed by atoms with E-state index in [9.17, 15) is 4.79 Å². The quantitative estimate of drug-likeness (QED) is 0.877. The summed E-state index contributed by atoms with van der Waals surface area (Å²) in [6.07, 6.45) is 2.01. The van der Waals surface area contributed by atoms with Crippen molar-refractivity contribution in [1.82, 2.24) is 10.2 Å². The average Bonchev–Trinajstić information content (AvgIpc) is 2.48. The van der Waals surface area contributed by atoms with Gasteiger partial charge in [-0.25, -0.2) is 0 Å². The van der Waals surface area contributed by atoms with Gasteiger partial charge in [0.2, 0.25) is 5.91 Å². The van der Waals surface area contributed by atoms with Crippen LogP contribution in [0.4, 0.5) is 0 Å². The Morgan fingerprint density at radius 1 is 1.41 bits per heavy atom. The van der Waals surface area contributed by atoms with Gasteiger partial charge < -0.3 is 5.32 Å². The number of carbonyl (C=O) groups is 1. The van der Waals surface area contributed by atoms with Gasteiger partial charge in [0.15, 0.2) is 0 Å². The molecule has 0 spiro atoms. The topological polar surface area (TPSA) is 32.3 Å². The molecule has 5 heteroatoms. The SMILES string of the molecule is CC(C)CNC(=O)[C@H]1CCCN(Cc2ccc(Cl)cc2Cl)C1. The zero-order valence-electron chi connectivity index (χ0n) is 13.2. The summed E-state index contributed by atoms with van der Waals surface area (Å²) in [7, 11) is 0. The van der Waals surface area contributed by atoms with E-state index in [-0.39, 0.29) is 11.8 Å². The van der Waals surface area contributed by atoms with Crippen molar-refractivity contribution in [2.24, 2.45) is 11.8 Å². The number of carbonyl (C=O) groups excluding carboxylic acids is 1. The first-order chi connectivity index (χ1) is 10.5. The van der Waals surface area contributed by atoms with E-state index in [4.69, 9.17) is 23.2 Å². The van der Waals surface area contributed by atoms with Crippen LogP contribution in [-0.4, -0.2) is 30.4 Å². The van der Waals surface area contributed by atoms with E-state index in [0.29, 0.717) is 16.0 Å². The summed E-state index contributed by atoms with van der Waals surface area (Å²) < 4.78 is 0. The molecule has 1 amide bonds. The van der Waals surface area contributed by atoms with Crippen LogP contribution >= 0.6 is 23.2 Å². The Morgan fingerprint density at radius 2 is 2.18 bits per heavy atom. The molecule has 1 atom stereocenters. The smallest absolute Gasteiger partial charge is 0.224 e. The lowest BCUT2D eigenvalue weighted by molar-refractivity contribution is -0.126. The Balaban J connectivity index is 1.91. The number of halogens is 2. The second-order valence-corrected chi connectivity index (χ2v) is 7.29. The van der Waals surface area contributed by atoms with Crippen LogP contribution < -0.4 is 5.32 Å². The van der Waals surface area contributed by atoms with Crippen LogP contribution in [0.15, 0.2) is 18.2 Å². The van der Waals surface area contributed by atoms with Gasteiger partial charge in [0.1, 0.15) is 0 Å². The standard InChI is InChI=1S/C17H24Cl2N2O/c1-12(2)9-20-17(22)14-4-3-7-21(11-14)10-13-5-6-15(18)8-16(13)19/h5-6,8,12,14H,3-4,7,9-11H2,1-2H3,(H,20,22)/t14-/m0/s1. The van der Waals surface area contributed by atoms with Crippen molar-refractivity contribution in [3.05, 3.63) is 33.8 Å². The molecule has 1 heterocycles. The second-order valence-electron chi connectivity index (χ2n) is 6.45. The molecule has 1 saturated heterocycles. The predicted molar refractivity (Wildman–Crippen MR) is 92.3 cm³/mol. The third-order valence-electron chi connectivity index (χ3n) is 3.97. The fourth-order valence-electron chi connectivity index (χ4n) is 2.75. The second kappa shape index (κ2) is 8.19. The van der Waals surface area contributed by atoms with Crippen molar-refractivity contribution in [2.75, 3.05) is 19.6 Å². The normalized spacial score (nSPS) is 19.4. The summed E-state index contributed by atoms with van der Waals surface area (Å²) in [4.78, 5) is 14.5. The molecule has 1 N–H and O–H groups in total. The number of likely N-dealkylation sites (tertiary alicyclic amines) is 1. The van der Waals surface area contributed by atoms with Gasteiger partial charge in [-0.3, -0.25) is 9.69 Å². The molecule has 3 nitrogen and oxygen atoms in total. The summed E-state index contributed by atoms with van der Waals surface area (Å²) in [5.41, 5.74) is 1.06. The molecule has 1 aliphatic rings. The molecule has 0 unspecified atom stereocenters. The fourth-order valence-corrected chi connectivity index (χ4v) is 3.22. The number of hydrogen-bond acceptors (Lipinski definition) is 2. The molecule has 0 bridgehead atoms. The molecule has 22 heavy (non-hydrogen) atoms. The zero-order valence-corrected chi connectivity index (χ0v) is 14.8. The molecule has 1 aromatic carbocycles. The van der Waals surface area contributed by atoms with E-state index in [1.165, 1.54) is 0 Å². The number of hydrogen-bond donors (Lipinski definition) is 1. The highest BCUT2D eigenvalue weighted by Crippen LogP contribution is 2.25. The summed E-state index contributed by atoms with van der Waals surface area (Å²) in [6.45, 7) is 7.53. The fraction of sp³-hybridized carbons (Fsp3) is 0.588. The van der Waals surface area contributed by atoms with Crippen molar-refractivity contribution in [1.29, 1.82) is 0 Å². The summed E-state index contributed by atoms with van der Waals surface area (Å²) in [5.74, 6) is 0.746. The lowest BCUT2D eigenvalue weighted by atomic mass is 9.96. The molecule has 122 valence electrons. The van der Waals surface area contributed by atoms with Crippen LogP contribution in [0, 0.1) is 11.8 Å². The average molecular weight is 343 g/mol. The molecule has 1 aromatic rings. The van der Waals surface area contributed by atoms with Crippen LogP contribution in [0.2, 0.25) is 10.0 Å². The number of amides is 1. The summed E-state index contributed by atoms with van der Waals surface area (Å²) in [6, 6.07) is 5.60. The molecular formula is C17H24Cl2N2O. The maximum Gasteiger partial charge on any atom is 0.224 e. The third-order valence-corrected chi connectivity index (χ3v) is 4.56. The minimum Gasteiger partial charge on any atom is -0.356 e. The van der Waals surface area contributed by atoms with E-state index >= 15 is 0 Å². The third kappa shape index (κ3) is 5.15. The van der Waals surface area contributed by atoms with E-state index < -0.39 is 0 Å². The van der Waals surface area contributed by atoms with Crippen LogP contribution in [0.1, 0.15) is 32.3 Å². The van der Waals surface area contributed by atoms with Gasteiger partial charge in [-0.05, 0) is 43.0 Å². The van der Waals surface area contributed by atoms with Crippen molar-refractivity contribution in [2.45, 2.75) is 33.2 Å². The molecule has 2 rings (SSSR count). The summed E-state index contributed by atoms with van der Waals surface area (Å²) >= 11 is 12.2. The molecule has 1 aliphatic heterocycles. The van der Waals surface area contributed by atoms with E-state index in [1.807, 2.05) is 12.1 Å². The van der Waals surface area contributed by atoms with Crippen LogP contribution in [0.25, 0.3) is 0 Å². The highest BCUT2D eigenvalue weighted by atomic mass is 35.5. The van der Waals surface area contributed by atoms with E-state index in [0.717, 1.165) is 44.6 Å². The van der Waals surface area contributed by atoms with Gasteiger partial charge in [-0.1, -0.05) is 43.1 Å². The number of piperidine rings is 1. The van der Waals surface area contributed by atoms with Gasteiger partial charge in [-0.2, -0.15) is 0 Å². The van der Waals surface area contributed by atoms with Gasteiger partial charge in [0.05, 0.1) is 5.92 Å². The minimum absolute atomic E-state index is 0.0820. The molecule has 1 fully saturated rings. The monoisotopic (exact) mass is 342 g/mol. The number of benzene rings is 1. The Labute approximate surface area is 143 Å². The molecule has 0 radical (unpaired) electrons. The van der Waals surface area contributed by atoms with Crippen molar-refractivity contribution in [3.63, 3.8) is 0 Å². The minimum atomic E-state index is 0.0820. The highest BCUT2D eigenvalue weighted by Gasteiger charge is 2.26. The van der Waals surface area contributed by atoms with Gasteiger partial charge in [0, 0.05) is 29.7 Å². The Morgan fingerprint density at radius 3 is 2.86 bits per heavy atom. The number of nitrogens with one attached hydrogen (secondary N) is 1. The summed E-state index contributed by atoms with van der Waals surface area (Å²) in [5, 5.41) is 4.39. The first kappa shape index (κ1) is 17.6. The van der Waals surface area contributed by atoms with Gasteiger partial charge in [-0.15, -0.1) is 0 Å². The highest BCUT2D eigenvalue weighted by molar-refractivity contribution is 6.35. The number of rotatable bonds is 5. The molecule has 0 aromatic heterocycles. The molecule has 0 saturated carbocycles. The maximum atomic E-state index is 12.2. The van der Waals surface area contributed by atoms with Crippen molar-refractivity contribution >= 4 is 29.1 Å². The Bertz CT molecular complexity index is 519. The van der Waals surface area contributed by atoms with E-state index in [2.05, 4.69) is 24.1 Å². The molecular weight excluding hydrogens is 319 g/mol. The number of nitrogens with zero attached hydrogens (tertiary/aromatic N) is 1. The molecule has 0 aliphatic carbocycles. The van der Waals surface area contributed by atoms with Crippen molar-refractivity contribution < 1.29 is 4.79 Å². The Kier molecular flexibility index (Phi) is 6.54.